The number of carbonyl (C=O) groups excluding carboxylic acids is 1. The average molecular weight is 353 g/mol. The summed E-state index contributed by atoms with van der Waals surface area (Å²) in [5.74, 6) is 1.06. The van der Waals surface area contributed by atoms with E-state index in [0.29, 0.717) is 18.2 Å². The Hall–Kier alpha value is -2.40. The summed E-state index contributed by atoms with van der Waals surface area (Å²) < 4.78 is 5.62. The van der Waals surface area contributed by atoms with Gasteiger partial charge >= 0.3 is 0 Å². The number of carbonyl (C=O) groups is 1. The van der Waals surface area contributed by atoms with E-state index in [1.165, 1.54) is 5.56 Å². The van der Waals surface area contributed by atoms with Gasteiger partial charge in [-0.05, 0) is 49.9 Å². The summed E-state index contributed by atoms with van der Waals surface area (Å²) in [4.78, 5) is 18.7. The van der Waals surface area contributed by atoms with E-state index in [2.05, 4.69) is 45.5 Å². The van der Waals surface area contributed by atoms with Gasteiger partial charge in [-0.2, -0.15) is 0 Å². The standard InChI is InChI=1S/C21H27N3O2/c1-17(26-20-8-5-11-22-15-20)21(25)23-14-19-10-13-24(16-19)12-9-18-6-3-2-4-7-18/h2-8,11,15,17,19H,9-10,12-14,16H2,1H3,(H,23,25). The molecule has 1 aliphatic heterocycles. The summed E-state index contributed by atoms with van der Waals surface area (Å²) in [6.45, 7) is 5.71. The Bertz CT molecular complexity index is 678. The van der Waals surface area contributed by atoms with Gasteiger partial charge in [0.2, 0.25) is 0 Å². The number of hydrogen-bond acceptors (Lipinski definition) is 4. The van der Waals surface area contributed by atoms with Crippen molar-refractivity contribution in [3.05, 3.63) is 60.4 Å². The molecule has 138 valence electrons. The van der Waals surface area contributed by atoms with Gasteiger partial charge in [0.15, 0.2) is 6.10 Å². The lowest BCUT2D eigenvalue weighted by Crippen LogP contribution is -2.39. The number of benzene rings is 1. The topological polar surface area (TPSA) is 54.5 Å². The maximum atomic E-state index is 12.2. The van der Waals surface area contributed by atoms with Crippen LogP contribution in [-0.2, 0) is 11.2 Å². The molecule has 2 aromatic rings. The van der Waals surface area contributed by atoms with Gasteiger partial charge in [-0.3, -0.25) is 9.78 Å². The summed E-state index contributed by atoms with van der Waals surface area (Å²) in [7, 11) is 0. The lowest BCUT2D eigenvalue weighted by molar-refractivity contribution is -0.127. The van der Waals surface area contributed by atoms with Crippen LogP contribution in [-0.4, -0.2) is 48.1 Å². The van der Waals surface area contributed by atoms with Crippen molar-refractivity contribution in [2.24, 2.45) is 5.92 Å². The number of amides is 1. The summed E-state index contributed by atoms with van der Waals surface area (Å²) in [5.41, 5.74) is 1.38. The molecule has 1 aromatic heterocycles. The Kier molecular flexibility index (Phi) is 6.61. The van der Waals surface area contributed by atoms with Crippen molar-refractivity contribution in [1.82, 2.24) is 15.2 Å². The predicted molar refractivity (Wildman–Crippen MR) is 102 cm³/mol. The van der Waals surface area contributed by atoms with Gasteiger partial charge < -0.3 is 15.0 Å². The van der Waals surface area contributed by atoms with Crippen molar-refractivity contribution in [3.63, 3.8) is 0 Å². The fourth-order valence-electron chi connectivity index (χ4n) is 3.28. The van der Waals surface area contributed by atoms with Gasteiger partial charge in [0.25, 0.3) is 5.91 Å². The van der Waals surface area contributed by atoms with Gasteiger partial charge in [0.1, 0.15) is 5.75 Å². The fourth-order valence-corrected chi connectivity index (χ4v) is 3.28. The van der Waals surface area contributed by atoms with Crippen LogP contribution in [0, 0.1) is 5.92 Å². The molecule has 1 aliphatic rings. The van der Waals surface area contributed by atoms with Crippen LogP contribution < -0.4 is 10.1 Å². The smallest absolute Gasteiger partial charge is 0.260 e. The molecule has 5 nitrogen and oxygen atoms in total. The van der Waals surface area contributed by atoms with Crippen LogP contribution in [0.2, 0.25) is 0 Å². The molecule has 1 fully saturated rings. The first-order chi connectivity index (χ1) is 12.7. The van der Waals surface area contributed by atoms with Crippen molar-refractivity contribution >= 4 is 5.91 Å². The molecule has 1 saturated heterocycles. The molecule has 0 bridgehead atoms. The molecule has 5 heteroatoms. The summed E-state index contributed by atoms with van der Waals surface area (Å²) in [6, 6.07) is 14.2. The van der Waals surface area contributed by atoms with E-state index in [9.17, 15) is 4.79 Å². The number of rotatable bonds is 8. The quantitative estimate of drug-likeness (QED) is 0.792. The second-order valence-corrected chi connectivity index (χ2v) is 6.88. The van der Waals surface area contributed by atoms with E-state index < -0.39 is 6.10 Å². The second-order valence-electron chi connectivity index (χ2n) is 6.88. The molecule has 26 heavy (non-hydrogen) atoms. The van der Waals surface area contributed by atoms with Gasteiger partial charge in [0.05, 0.1) is 6.20 Å². The summed E-state index contributed by atoms with van der Waals surface area (Å²) in [6.07, 6.45) is 4.99. The first-order valence-electron chi connectivity index (χ1n) is 9.31. The molecule has 2 atom stereocenters. The molecule has 1 amide bonds. The first-order valence-corrected chi connectivity index (χ1v) is 9.31. The van der Waals surface area contributed by atoms with Crippen LogP contribution in [0.5, 0.6) is 5.75 Å². The van der Waals surface area contributed by atoms with Crippen molar-refractivity contribution < 1.29 is 9.53 Å². The Balaban J connectivity index is 1.35. The zero-order valence-electron chi connectivity index (χ0n) is 15.3. The molecule has 0 aliphatic carbocycles. The average Bonchev–Trinajstić information content (AvgIpc) is 3.14. The summed E-state index contributed by atoms with van der Waals surface area (Å²) >= 11 is 0. The third-order valence-corrected chi connectivity index (χ3v) is 4.81. The molecule has 0 spiro atoms. The molecular formula is C21H27N3O2. The molecule has 0 radical (unpaired) electrons. The molecule has 1 aromatic carbocycles. The van der Waals surface area contributed by atoms with Crippen LogP contribution in [0.4, 0.5) is 0 Å². The highest BCUT2D eigenvalue weighted by atomic mass is 16.5. The minimum atomic E-state index is -0.519. The van der Waals surface area contributed by atoms with E-state index in [1.54, 1.807) is 31.5 Å². The van der Waals surface area contributed by atoms with Crippen molar-refractivity contribution in [2.75, 3.05) is 26.2 Å². The highest BCUT2D eigenvalue weighted by Crippen LogP contribution is 2.16. The second kappa shape index (κ2) is 9.34. The number of likely N-dealkylation sites (tertiary alicyclic amines) is 1. The Labute approximate surface area is 155 Å². The first kappa shape index (κ1) is 18.4. The van der Waals surface area contributed by atoms with E-state index in [1.807, 2.05) is 0 Å². The predicted octanol–water partition coefficient (Wildman–Crippen LogP) is 2.53. The molecule has 1 N–H and O–H groups in total. The largest absolute Gasteiger partial charge is 0.479 e. The molecular weight excluding hydrogens is 326 g/mol. The van der Waals surface area contributed by atoms with Gasteiger partial charge in [-0.25, -0.2) is 0 Å². The van der Waals surface area contributed by atoms with Crippen LogP contribution in [0.25, 0.3) is 0 Å². The van der Waals surface area contributed by atoms with Crippen molar-refractivity contribution in [1.29, 1.82) is 0 Å². The Morgan fingerprint density at radius 1 is 1.31 bits per heavy atom. The van der Waals surface area contributed by atoms with Crippen LogP contribution in [0.3, 0.4) is 0 Å². The van der Waals surface area contributed by atoms with E-state index >= 15 is 0 Å². The van der Waals surface area contributed by atoms with Gasteiger partial charge in [-0.15, -0.1) is 0 Å². The maximum Gasteiger partial charge on any atom is 0.260 e. The number of aromatic nitrogens is 1. The third-order valence-electron chi connectivity index (χ3n) is 4.81. The van der Waals surface area contributed by atoms with E-state index in [-0.39, 0.29) is 5.91 Å². The highest BCUT2D eigenvalue weighted by Gasteiger charge is 2.23. The van der Waals surface area contributed by atoms with Crippen molar-refractivity contribution in [3.8, 4) is 5.75 Å². The number of pyridine rings is 1. The minimum Gasteiger partial charge on any atom is -0.479 e. The number of nitrogens with zero attached hydrogens (tertiary/aromatic N) is 2. The van der Waals surface area contributed by atoms with Gasteiger partial charge in [-0.1, -0.05) is 30.3 Å². The molecule has 2 unspecified atom stereocenters. The van der Waals surface area contributed by atoms with Crippen molar-refractivity contribution in [2.45, 2.75) is 25.9 Å². The normalized spacial score (nSPS) is 18.4. The zero-order chi connectivity index (χ0) is 18.2. The van der Waals surface area contributed by atoms with Crippen LogP contribution in [0.15, 0.2) is 54.9 Å². The Morgan fingerprint density at radius 3 is 2.92 bits per heavy atom. The lowest BCUT2D eigenvalue weighted by atomic mass is 10.1. The maximum absolute atomic E-state index is 12.2. The number of hydrogen-bond donors (Lipinski definition) is 1. The number of ether oxygens (including phenoxy) is 1. The highest BCUT2D eigenvalue weighted by molar-refractivity contribution is 5.80. The molecule has 2 heterocycles. The third kappa shape index (κ3) is 5.56. The Morgan fingerprint density at radius 2 is 2.15 bits per heavy atom. The van der Waals surface area contributed by atoms with Gasteiger partial charge in [0, 0.05) is 25.8 Å². The van der Waals surface area contributed by atoms with E-state index in [4.69, 9.17) is 4.74 Å². The monoisotopic (exact) mass is 353 g/mol. The fraction of sp³-hybridized carbons (Fsp3) is 0.429. The van der Waals surface area contributed by atoms with Crippen LogP contribution in [0.1, 0.15) is 18.9 Å². The van der Waals surface area contributed by atoms with Crippen LogP contribution >= 0.6 is 0 Å². The minimum absolute atomic E-state index is 0.0726. The summed E-state index contributed by atoms with van der Waals surface area (Å²) in [5, 5.41) is 3.03. The molecule has 3 rings (SSSR count). The zero-order valence-corrected chi connectivity index (χ0v) is 15.3. The molecule has 0 saturated carbocycles. The SMILES string of the molecule is CC(Oc1cccnc1)C(=O)NCC1CCN(CCc2ccccc2)C1. The lowest BCUT2D eigenvalue weighted by Gasteiger charge is -2.18. The van der Waals surface area contributed by atoms with E-state index in [0.717, 1.165) is 32.5 Å². The number of nitrogens with one attached hydrogen (secondary N) is 1.